The molecule has 0 saturated carbocycles. The Morgan fingerprint density at radius 3 is 1.58 bits per heavy atom. The van der Waals surface area contributed by atoms with Crippen LogP contribution in [-0.4, -0.2) is 19.5 Å². The molecule has 0 bridgehead atoms. The van der Waals surface area contributed by atoms with Gasteiger partial charge in [0.05, 0.1) is 22.1 Å². The largest absolute Gasteiger partial charge is 0.455 e. The topological polar surface area (TPSA) is 69.9 Å². The molecule has 0 unspecified atom stereocenters. The normalized spacial score (nSPS) is 11.8. The monoisotopic (exact) mass is 882 g/mol. The van der Waals surface area contributed by atoms with Gasteiger partial charge in [-0.3, -0.25) is 0 Å². The highest BCUT2D eigenvalue weighted by molar-refractivity contribution is 6.19. The van der Waals surface area contributed by atoms with E-state index in [-0.39, 0.29) is 0 Å². The number of hydrogen-bond donors (Lipinski definition) is 0. The minimum absolute atomic E-state index is 0.599. The Morgan fingerprint density at radius 1 is 0.290 bits per heavy atom. The van der Waals surface area contributed by atoms with E-state index in [0.717, 1.165) is 99.5 Å². The Bertz CT molecular complexity index is 4250. The molecule has 0 fully saturated rings. The Balaban J connectivity index is 0.956. The van der Waals surface area contributed by atoms with Crippen LogP contribution in [0.5, 0.6) is 0 Å². The summed E-state index contributed by atoms with van der Waals surface area (Å²) in [6.07, 6.45) is 0. The van der Waals surface area contributed by atoms with Gasteiger partial charge in [-0.1, -0.05) is 176 Å². The molecule has 0 spiro atoms. The Labute approximate surface area is 396 Å². The fourth-order valence-corrected chi connectivity index (χ4v) is 10.2. The minimum atomic E-state index is 0.599. The fraction of sp³-hybridized carbons (Fsp3) is 0. The third-order valence-electron chi connectivity index (χ3n) is 13.4. The molecule has 0 atom stereocenters. The van der Waals surface area contributed by atoms with E-state index < -0.39 is 0 Å². The number of furan rings is 2. The van der Waals surface area contributed by atoms with Gasteiger partial charge < -0.3 is 13.4 Å². The third kappa shape index (κ3) is 6.38. The summed E-state index contributed by atoms with van der Waals surface area (Å²) >= 11 is 0. The van der Waals surface area contributed by atoms with Crippen LogP contribution in [0, 0.1) is 0 Å². The molecular formula is C63H38N4O2. The zero-order chi connectivity index (χ0) is 45.4. The van der Waals surface area contributed by atoms with Crippen LogP contribution in [0.3, 0.4) is 0 Å². The van der Waals surface area contributed by atoms with Crippen molar-refractivity contribution in [2.75, 3.05) is 0 Å². The summed E-state index contributed by atoms with van der Waals surface area (Å²) in [6.45, 7) is 0. The maximum Gasteiger partial charge on any atom is 0.164 e. The van der Waals surface area contributed by atoms with Crippen LogP contribution in [0.2, 0.25) is 0 Å². The Kier molecular flexibility index (Phi) is 8.79. The number of hydrogen-bond acceptors (Lipinski definition) is 5. The van der Waals surface area contributed by atoms with Crippen LogP contribution in [0.1, 0.15) is 0 Å². The van der Waals surface area contributed by atoms with Gasteiger partial charge >= 0.3 is 0 Å². The van der Waals surface area contributed by atoms with Crippen molar-refractivity contribution >= 4 is 65.7 Å². The minimum Gasteiger partial charge on any atom is -0.455 e. The van der Waals surface area contributed by atoms with Gasteiger partial charge in [0.2, 0.25) is 0 Å². The predicted molar refractivity (Wildman–Crippen MR) is 281 cm³/mol. The van der Waals surface area contributed by atoms with E-state index in [9.17, 15) is 0 Å². The van der Waals surface area contributed by atoms with Crippen molar-refractivity contribution in [3.05, 3.63) is 231 Å². The summed E-state index contributed by atoms with van der Waals surface area (Å²) in [5.74, 6) is 1.84. The van der Waals surface area contributed by atoms with Gasteiger partial charge in [-0.2, -0.15) is 0 Å². The number of fused-ring (bicyclic) bond motifs is 9. The first kappa shape index (κ1) is 38.8. The first-order valence-corrected chi connectivity index (χ1v) is 23.2. The van der Waals surface area contributed by atoms with Crippen molar-refractivity contribution in [3.63, 3.8) is 0 Å². The smallest absolute Gasteiger partial charge is 0.164 e. The quantitative estimate of drug-likeness (QED) is 0.159. The van der Waals surface area contributed by atoms with Crippen molar-refractivity contribution < 1.29 is 8.83 Å². The van der Waals surface area contributed by atoms with Gasteiger partial charge in [-0.15, -0.1) is 0 Å². The molecule has 6 nitrogen and oxygen atoms in total. The molecule has 0 aliphatic heterocycles. The van der Waals surface area contributed by atoms with E-state index >= 15 is 0 Å². The second-order valence-corrected chi connectivity index (χ2v) is 17.5. The van der Waals surface area contributed by atoms with Crippen LogP contribution in [0.15, 0.2) is 239 Å². The molecule has 4 heterocycles. The molecular weight excluding hydrogens is 845 g/mol. The van der Waals surface area contributed by atoms with Gasteiger partial charge in [-0.25, -0.2) is 15.0 Å². The van der Waals surface area contributed by atoms with E-state index in [1.54, 1.807) is 0 Å². The molecule has 14 aromatic rings. The average Bonchev–Trinajstić information content (AvgIpc) is 4.11. The van der Waals surface area contributed by atoms with E-state index in [4.69, 9.17) is 23.8 Å². The molecule has 0 saturated heterocycles. The molecule has 0 N–H and O–H groups in total. The maximum atomic E-state index is 7.04. The fourth-order valence-electron chi connectivity index (χ4n) is 10.2. The lowest BCUT2D eigenvalue weighted by Crippen LogP contribution is -2.00. The Morgan fingerprint density at radius 2 is 0.812 bits per heavy atom. The van der Waals surface area contributed by atoms with E-state index in [0.29, 0.717) is 17.5 Å². The second-order valence-electron chi connectivity index (χ2n) is 17.5. The SMILES string of the molecule is c1ccc(-c2ccc3c(c2)c2ccccc2n3-c2cccc3oc4c(-c5cc(-c6cccc(-c7nc(-c8ccccc8)nc(-c8ccccc8)n7)c6)cc6c5oc5ccccc56)cccc4c23)cc1. The number of aromatic nitrogens is 4. The predicted octanol–water partition coefficient (Wildman–Crippen LogP) is 16.8. The zero-order valence-corrected chi connectivity index (χ0v) is 37.0. The summed E-state index contributed by atoms with van der Waals surface area (Å²) in [6, 6.07) is 80.3. The van der Waals surface area contributed by atoms with Crippen LogP contribution >= 0.6 is 0 Å². The summed E-state index contributed by atoms with van der Waals surface area (Å²) in [5, 5.41) is 6.55. The van der Waals surface area contributed by atoms with Crippen molar-refractivity contribution in [3.8, 4) is 73.2 Å². The van der Waals surface area contributed by atoms with Gasteiger partial charge in [0.15, 0.2) is 17.5 Å². The van der Waals surface area contributed by atoms with Crippen molar-refractivity contribution in [1.82, 2.24) is 19.5 Å². The van der Waals surface area contributed by atoms with Crippen LogP contribution < -0.4 is 0 Å². The molecule has 322 valence electrons. The van der Waals surface area contributed by atoms with Crippen LogP contribution in [0.4, 0.5) is 0 Å². The molecule has 10 aromatic carbocycles. The summed E-state index contributed by atoms with van der Waals surface area (Å²) in [4.78, 5) is 15.1. The van der Waals surface area contributed by atoms with Gasteiger partial charge in [0.1, 0.15) is 22.3 Å². The van der Waals surface area contributed by atoms with Crippen LogP contribution in [-0.2, 0) is 0 Å². The lowest BCUT2D eigenvalue weighted by atomic mass is 9.94. The first-order chi connectivity index (χ1) is 34.2. The van der Waals surface area contributed by atoms with Gasteiger partial charge in [0, 0.05) is 54.7 Å². The highest BCUT2D eigenvalue weighted by Crippen LogP contribution is 2.46. The average molecular weight is 883 g/mol. The highest BCUT2D eigenvalue weighted by Gasteiger charge is 2.23. The second kappa shape index (κ2) is 15.6. The van der Waals surface area contributed by atoms with Crippen molar-refractivity contribution in [1.29, 1.82) is 0 Å². The standard InChI is InChI=1S/C63H38N4O2/c1-4-17-39(18-5-1)43-33-34-54-50(36-43)46-25-10-12-29-53(46)67(54)55-30-16-32-57-58(55)49-28-15-27-48(59(49)69-57)52-38-45(37-51-47-26-11-13-31-56(47)68-60(51)52)42-23-14-24-44(35-42)63-65-61(40-19-6-2-7-20-40)64-62(66-63)41-21-8-3-9-22-41/h1-38H. The van der Waals surface area contributed by atoms with E-state index in [1.165, 1.54) is 21.9 Å². The molecule has 14 rings (SSSR count). The molecule has 0 amide bonds. The van der Waals surface area contributed by atoms with Crippen molar-refractivity contribution in [2.24, 2.45) is 0 Å². The summed E-state index contributed by atoms with van der Waals surface area (Å²) in [7, 11) is 0. The summed E-state index contributed by atoms with van der Waals surface area (Å²) in [5.41, 5.74) is 15.6. The molecule has 0 aliphatic carbocycles. The van der Waals surface area contributed by atoms with E-state index in [1.807, 2.05) is 72.8 Å². The molecule has 0 radical (unpaired) electrons. The van der Waals surface area contributed by atoms with Gasteiger partial charge in [-0.05, 0) is 76.9 Å². The first-order valence-electron chi connectivity index (χ1n) is 23.2. The highest BCUT2D eigenvalue weighted by atomic mass is 16.3. The number of nitrogens with zero attached hydrogens (tertiary/aromatic N) is 4. The Hall–Kier alpha value is -9.39. The molecule has 0 aliphatic rings. The lowest BCUT2D eigenvalue weighted by molar-refractivity contribution is 0.665. The zero-order valence-electron chi connectivity index (χ0n) is 37.0. The summed E-state index contributed by atoms with van der Waals surface area (Å²) < 4.78 is 16.2. The van der Waals surface area contributed by atoms with Crippen LogP contribution in [0.25, 0.3) is 139 Å². The van der Waals surface area contributed by atoms with E-state index in [2.05, 4.69) is 162 Å². The number of para-hydroxylation sites is 3. The number of benzene rings is 10. The molecule has 69 heavy (non-hydrogen) atoms. The molecule has 6 heteroatoms. The van der Waals surface area contributed by atoms with Crippen molar-refractivity contribution in [2.45, 2.75) is 0 Å². The molecule has 4 aromatic heterocycles. The maximum absolute atomic E-state index is 7.04. The third-order valence-corrected chi connectivity index (χ3v) is 13.4. The number of rotatable bonds is 7. The lowest BCUT2D eigenvalue weighted by Gasteiger charge is -2.11. The van der Waals surface area contributed by atoms with Gasteiger partial charge in [0.25, 0.3) is 0 Å².